The van der Waals surface area contributed by atoms with Crippen molar-refractivity contribution in [3.05, 3.63) is 54.6 Å². The zero-order valence-electron chi connectivity index (χ0n) is 14.9. The van der Waals surface area contributed by atoms with E-state index in [1.807, 2.05) is 54.6 Å². The van der Waals surface area contributed by atoms with Gasteiger partial charge in [-0.15, -0.1) is 12.4 Å². The van der Waals surface area contributed by atoms with Gasteiger partial charge in [-0.1, -0.05) is 48.5 Å². The number of benzene rings is 2. The fraction of sp³-hybridized carbons (Fsp3) is 0.381. The number of fused-ring (bicyclic) bond motifs is 2. The van der Waals surface area contributed by atoms with Crippen molar-refractivity contribution in [2.45, 2.75) is 43.9 Å². The summed E-state index contributed by atoms with van der Waals surface area (Å²) in [4.78, 5) is 14.9. The Labute approximate surface area is 160 Å². The summed E-state index contributed by atoms with van der Waals surface area (Å²) >= 11 is 0. The molecule has 5 heteroatoms. The van der Waals surface area contributed by atoms with Crippen molar-refractivity contribution >= 4 is 24.2 Å². The number of anilines is 1. The molecule has 26 heavy (non-hydrogen) atoms. The summed E-state index contributed by atoms with van der Waals surface area (Å²) in [7, 11) is 2.19. The number of nitrogens with zero attached hydrogens (tertiary/aromatic N) is 1. The number of carbonyl (C=O) groups excluding carboxylic acids is 1. The maximum atomic E-state index is 12.4. The Morgan fingerprint density at radius 3 is 2.31 bits per heavy atom. The molecule has 0 aliphatic carbocycles. The minimum atomic E-state index is -0.350. The lowest BCUT2D eigenvalue weighted by Crippen LogP contribution is -2.43. The van der Waals surface area contributed by atoms with Crippen LogP contribution >= 0.6 is 12.4 Å². The summed E-state index contributed by atoms with van der Waals surface area (Å²) < 4.78 is 5.74. The molecule has 1 N–H and O–H groups in total. The average molecular weight is 373 g/mol. The molecule has 2 heterocycles. The molecular formula is C21H25ClN2O2. The van der Waals surface area contributed by atoms with Crippen molar-refractivity contribution in [2.24, 2.45) is 0 Å². The van der Waals surface area contributed by atoms with E-state index in [4.69, 9.17) is 4.74 Å². The Kier molecular flexibility index (Phi) is 5.84. The van der Waals surface area contributed by atoms with Crippen molar-refractivity contribution in [1.29, 1.82) is 0 Å². The molecule has 2 saturated heterocycles. The Hall–Kier alpha value is -2.04. The third-order valence-electron chi connectivity index (χ3n) is 5.58. The van der Waals surface area contributed by atoms with Crippen molar-refractivity contribution in [1.82, 2.24) is 4.90 Å². The van der Waals surface area contributed by atoms with Gasteiger partial charge in [0.05, 0.1) is 5.69 Å². The number of hydrogen-bond acceptors (Lipinski definition) is 3. The third kappa shape index (κ3) is 3.87. The summed E-state index contributed by atoms with van der Waals surface area (Å²) in [5.74, 6) is 0. The number of ether oxygens (including phenoxy) is 1. The fourth-order valence-corrected chi connectivity index (χ4v) is 4.21. The largest absolute Gasteiger partial charge is 0.446 e. The topological polar surface area (TPSA) is 41.6 Å². The number of carbonyl (C=O) groups is 1. The van der Waals surface area contributed by atoms with Crippen molar-refractivity contribution in [2.75, 3.05) is 12.4 Å². The molecule has 2 atom stereocenters. The molecule has 0 spiro atoms. The molecule has 4 nitrogen and oxygen atoms in total. The lowest BCUT2D eigenvalue weighted by Gasteiger charge is -2.35. The number of para-hydroxylation sites is 1. The van der Waals surface area contributed by atoms with Crippen LogP contribution in [0.25, 0.3) is 11.1 Å². The third-order valence-corrected chi connectivity index (χ3v) is 5.58. The highest BCUT2D eigenvalue weighted by Crippen LogP contribution is 2.35. The van der Waals surface area contributed by atoms with Gasteiger partial charge in [0.15, 0.2) is 0 Å². The monoisotopic (exact) mass is 372 g/mol. The highest BCUT2D eigenvalue weighted by atomic mass is 35.5. The van der Waals surface area contributed by atoms with Crippen LogP contribution in [-0.2, 0) is 4.74 Å². The number of amides is 1. The standard InChI is InChI=1S/C21H24N2O2.ClH/c1-23-16-11-12-17(23)14-18(13-16)25-21(24)22-20-10-6-5-9-19(20)15-7-3-2-4-8-15;/h2-10,16-18H,11-14H2,1H3,(H,22,24);1H. The van der Waals surface area contributed by atoms with Crippen LogP contribution in [0.15, 0.2) is 54.6 Å². The molecule has 2 aliphatic heterocycles. The molecule has 1 amide bonds. The predicted octanol–water partition coefficient (Wildman–Crippen LogP) is 4.95. The van der Waals surface area contributed by atoms with Gasteiger partial charge in [-0.25, -0.2) is 4.79 Å². The van der Waals surface area contributed by atoms with Crippen LogP contribution in [0.5, 0.6) is 0 Å². The Balaban J connectivity index is 0.00000196. The molecule has 2 unspecified atom stereocenters. The zero-order chi connectivity index (χ0) is 17.2. The molecule has 2 bridgehead atoms. The average Bonchev–Trinajstić information content (AvgIpc) is 2.83. The summed E-state index contributed by atoms with van der Waals surface area (Å²) in [5, 5.41) is 2.94. The van der Waals surface area contributed by atoms with Crippen molar-refractivity contribution in [3.8, 4) is 11.1 Å². The van der Waals surface area contributed by atoms with E-state index in [2.05, 4.69) is 17.3 Å². The molecule has 0 saturated carbocycles. The van der Waals surface area contributed by atoms with E-state index < -0.39 is 0 Å². The molecule has 2 aromatic rings. The van der Waals surface area contributed by atoms with Gasteiger partial charge in [-0.2, -0.15) is 0 Å². The van der Waals surface area contributed by atoms with Crippen molar-refractivity contribution in [3.63, 3.8) is 0 Å². The van der Waals surface area contributed by atoms with Gasteiger partial charge in [0.2, 0.25) is 0 Å². The first-order valence-corrected chi connectivity index (χ1v) is 9.05. The lowest BCUT2D eigenvalue weighted by atomic mass is 10.0. The minimum absolute atomic E-state index is 0. The number of hydrogen-bond donors (Lipinski definition) is 1. The second-order valence-electron chi connectivity index (χ2n) is 7.09. The summed E-state index contributed by atoms with van der Waals surface area (Å²) in [6.45, 7) is 0. The van der Waals surface area contributed by atoms with Gasteiger partial charge in [0.1, 0.15) is 6.10 Å². The Morgan fingerprint density at radius 1 is 1.00 bits per heavy atom. The maximum absolute atomic E-state index is 12.4. The van der Waals surface area contributed by atoms with E-state index in [1.165, 1.54) is 12.8 Å². The number of piperidine rings is 1. The van der Waals surface area contributed by atoms with Gasteiger partial charge >= 0.3 is 6.09 Å². The number of halogens is 1. The first-order valence-electron chi connectivity index (χ1n) is 9.05. The van der Waals surface area contributed by atoms with Crippen molar-refractivity contribution < 1.29 is 9.53 Å². The molecular weight excluding hydrogens is 348 g/mol. The van der Waals surface area contributed by atoms with Gasteiger partial charge in [-0.3, -0.25) is 5.32 Å². The minimum Gasteiger partial charge on any atom is -0.446 e. The normalized spacial score (nSPS) is 24.6. The number of nitrogens with one attached hydrogen (secondary N) is 1. The van der Waals surface area contributed by atoms with E-state index in [9.17, 15) is 4.79 Å². The van der Waals surface area contributed by atoms with Gasteiger partial charge < -0.3 is 9.64 Å². The molecule has 2 aromatic carbocycles. The number of rotatable bonds is 3. The van der Waals surface area contributed by atoms with Crippen LogP contribution in [0.3, 0.4) is 0 Å². The van der Waals surface area contributed by atoms with Crippen LogP contribution in [-0.4, -0.2) is 36.2 Å². The Bertz CT molecular complexity index is 739. The second-order valence-corrected chi connectivity index (χ2v) is 7.09. The van der Waals surface area contributed by atoms with Crippen LogP contribution in [0.1, 0.15) is 25.7 Å². The first kappa shape index (κ1) is 18.7. The van der Waals surface area contributed by atoms with E-state index in [0.717, 1.165) is 29.7 Å². The SMILES string of the molecule is CN1C2CCC1CC(OC(=O)Nc1ccccc1-c1ccccc1)C2.Cl. The van der Waals surface area contributed by atoms with E-state index >= 15 is 0 Å². The zero-order valence-corrected chi connectivity index (χ0v) is 15.7. The van der Waals surface area contributed by atoms with Gasteiger partial charge in [0, 0.05) is 30.5 Å². The summed E-state index contributed by atoms with van der Waals surface area (Å²) in [6, 6.07) is 19.0. The summed E-state index contributed by atoms with van der Waals surface area (Å²) in [5.41, 5.74) is 2.87. The van der Waals surface area contributed by atoms with Gasteiger partial charge in [-0.05, 0) is 31.5 Å². The molecule has 2 fully saturated rings. The first-order chi connectivity index (χ1) is 12.2. The van der Waals surface area contributed by atoms with Crippen LogP contribution in [0.4, 0.5) is 10.5 Å². The smallest absolute Gasteiger partial charge is 0.411 e. The molecule has 0 radical (unpaired) electrons. The molecule has 4 rings (SSSR count). The van der Waals surface area contributed by atoms with E-state index in [-0.39, 0.29) is 24.6 Å². The second kappa shape index (κ2) is 8.11. The van der Waals surface area contributed by atoms with Crippen LogP contribution in [0, 0.1) is 0 Å². The van der Waals surface area contributed by atoms with Gasteiger partial charge in [0.25, 0.3) is 0 Å². The molecule has 2 aliphatic rings. The van der Waals surface area contributed by atoms with E-state index in [0.29, 0.717) is 12.1 Å². The van der Waals surface area contributed by atoms with Crippen LogP contribution < -0.4 is 5.32 Å². The lowest BCUT2D eigenvalue weighted by molar-refractivity contribution is 0.0348. The van der Waals surface area contributed by atoms with Crippen LogP contribution in [0.2, 0.25) is 0 Å². The quantitative estimate of drug-likeness (QED) is 0.828. The molecule has 0 aromatic heterocycles. The summed E-state index contributed by atoms with van der Waals surface area (Å²) in [6.07, 6.45) is 4.01. The molecule has 138 valence electrons. The predicted molar refractivity (Wildman–Crippen MR) is 107 cm³/mol. The maximum Gasteiger partial charge on any atom is 0.411 e. The Morgan fingerprint density at radius 2 is 1.62 bits per heavy atom. The highest BCUT2D eigenvalue weighted by molar-refractivity contribution is 5.91. The fourth-order valence-electron chi connectivity index (χ4n) is 4.21. The van der Waals surface area contributed by atoms with E-state index in [1.54, 1.807) is 0 Å². The highest BCUT2D eigenvalue weighted by Gasteiger charge is 2.39.